The minimum Gasteiger partial charge on any atom is -0.388 e. The number of aromatic nitrogens is 1. The number of piperazine rings is 1. The van der Waals surface area contributed by atoms with Crippen molar-refractivity contribution in [3.8, 4) is 0 Å². The van der Waals surface area contributed by atoms with E-state index in [0.29, 0.717) is 44.0 Å². The average molecular weight is 489 g/mol. The molecule has 0 bridgehead atoms. The molecule has 0 saturated carbocycles. The molecule has 1 aromatic heterocycles. The number of pyridine rings is 1. The maximum Gasteiger partial charge on any atom is 0.255 e. The Morgan fingerprint density at radius 2 is 1.78 bits per heavy atom. The summed E-state index contributed by atoms with van der Waals surface area (Å²) in [6, 6.07) is 13.5. The molecule has 1 fully saturated rings. The fraction of sp³-hybridized carbons (Fsp3) is 0.333. The highest BCUT2D eigenvalue weighted by molar-refractivity contribution is 6.59. The van der Waals surface area contributed by atoms with Gasteiger partial charge in [-0.15, -0.1) is 0 Å². The van der Waals surface area contributed by atoms with Crippen LogP contribution in [0.4, 0.5) is 15.8 Å². The van der Waals surface area contributed by atoms with Crippen LogP contribution in [0.3, 0.4) is 0 Å². The number of carbonyl (C=O) groups excluding carboxylic acids is 1. The van der Waals surface area contributed by atoms with E-state index in [1.54, 1.807) is 42.3 Å². The molecule has 2 aromatic carbocycles. The van der Waals surface area contributed by atoms with E-state index in [1.165, 1.54) is 6.07 Å². The minimum atomic E-state index is -1.86. The van der Waals surface area contributed by atoms with Crippen molar-refractivity contribution in [1.29, 1.82) is 0 Å². The normalized spacial score (nSPS) is 15.7. The fourth-order valence-electron chi connectivity index (χ4n) is 4.29. The van der Waals surface area contributed by atoms with Crippen molar-refractivity contribution >= 4 is 51.7 Å². The number of aliphatic hydroxyl groups is 2. The van der Waals surface area contributed by atoms with Crippen LogP contribution in [0.15, 0.2) is 48.5 Å². The number of carbonyl (C=O) groups is 1. The summed E-state index contributed by atoms with van der Waals surface area (Å²) in [5.41, 5.74) is 2.89. The molecular formula is C24H31B3FN5O3. The first-order valence-electron chi connectivity index (χ1n) is 12.1. The lowest BCUT2D eigenvalue weighted by molar-refractivity contribution is -0.269. The molecule has 4 rings (SSSR count). The maximum atomic E-state index is 14.1. The summed E-state index contributed by atoms with van der Waals surface area (Å²) in [4.78, 5) is 21.4. The second kappa shape index (κ2) is 10.2. The molecule has 0 atom stereocenters. The second-order valence-corrected chi connectivity index (χ2v) is 10.3. The number of halogens is 1. The van der Waals surface area contributed by atoms with Gasteiger partial charge in [0, 0.05) is 56.4 Å². The molecule has 4 N–H and O–H groups in total. The zero-order valence-electron chi connectivity index (χ0n) is 21.2. The van der Waals surface area contributed by atoms with E-state index in [9.17, 15) is 19.4 Å². The monoisotopic (exact) mass is 489 g/mol. The predicted octanol–water partition coefficient (Wildman–Crippen LogP) is -0.603. The molecular weight excluding hydrogens is 458 g/mol. The third-order valence-corrected chi connectivity index (χ3v) is 6.72. The number of hydrogen-bond acceptors (Lipinski definition) is 7. The van der Waals surface area contributed by atoms with E-state index in [1.807, 2.05) is 35.7 Å². The van der Waals surface area contributed by atoms with E-state index >= 15 is 0 Å². The van der Waals surface area contributed by atoms with Gasteiger partial charge in [-0.05, 0) is 47.6 Å². The van der Waals surface area contributed by atoms with Crippen LogP contribution in [-0.2, 0) is 6.54 Å². The van der Waals surface area contributed by atoms with Gasteiger partial charge in [0.1, 0.15) is 5.82 Å². The van der Waals surface area contributed by atoms with Crippen LogP contribution in [0.1, 0.15) is 16.1 Å². The van der Waals surface area contributed by atoms with Gasteiger partial charge in [0.15, 0.2) is 0 Å². The van der Waals surface area contributed by atoms with Crippen molar-refractivity contribution in [3.63, 3.8) is 0 Å². The predicted molar refractivity (Wildman–Crippen MR) is 148 cm³/mol. The van der Waals surface area contributed by atoms with Crippen molar-refractivity contribution in [1.82, 2.24) is 14.8 Å². The number of anilines is 2. The average Bonchev–Trinajstić information content (AvgIpc) is 2.84. The molecule has 8 nitrogen and oxygen atoms in total. The molecule has 1 amide bonds. The van der Waals surface area contributed by atoms with Crippen LogP contribution in [0.2, 0.25) is 5.11 Å². The second-order valence-electron chi connectivity index (χ2n) is 10.3. The number of benzene rings is 2. The molecule has 2 heterocycles. The van der Waals surface area contributed by atoms with Crippen molar-refractivity contribution in [2.75, 3.05) is 43.9 Å². The number of nitrogens with zero attached hydrogens (tertiary/aromatic N) is 3. The van der Waals surface area contributed by atoms with Crippen LogP contribution in [0.5, 0.6) is 0 Å². The van der Waals surface area contributed by atoms with Crippen molar-refractivity contribution in [3.05, 3.63) is 65.6 Å². The Hall–Kier alpha value is -2.92. The summed E-state index contributed by atoms with van der Waals surface area (Å²) in [5, 5.41) is 26.8. The number of amides is 1. The summed E-state index contributed by atoms with van der Waals surface area (Å²) < 4.78 is 14.1. The van der Waals surface area contributed by atoms with Gasteiger partial charge < -0.3 is 20.8 Å². The highest BCUT2D eigenvalue weighted by Gasteiger charge is 2.44. The first kappa shape index (κ1) is 26.2. The summed E-state index contributed by atoms with van der Waals surface area (Å²) in [6.07, 6.45) is 0. The Kier molecular flexibility index (Phi) is 7.42. The Morgan fingerprint density at radius 1 is 1.06 bits per heavy atom. The van der Waals surface area contributed by atoms with Crippen LogP contribution in [0, 0.1) is 5.82 Å². The van der Waals surface area contributed by atoms with Gasteiger partial charge in [0.05, 0.1) is 40.4 Å². The van der Waals surface area contributed by atoms with Gasteiger partial charge in [-0.25, -0.2) is 4.39 Å². The van der Waals surface area contributed by atoms with Gasteiger partial charge in [0.2, 0.25) is 5.91 Å². The topological polar surface area (TPSA) is 101 Å². The number of hydrogen-bond donors (Lipinski definition) is 4. The Labute approximate surface area is 213 Å². The molecule has 1 aliphatic rings. The van der Waals surface area contributed by atoms with Gasteiger partial charge in [-0.3, -0.25) is 19.6 Å². The van der Waals surface area contributed by atoms with Crippen molar-refractivity contribution in [2.45, 2.75) is 17.6 Å². The molecule has 12 heteroatoms. The van der Waals surface area contributed by atoms with E-state index in [2.05, 4.69) is 15.5 Å². The van der Waals surface area contributed by atoms with E-state index in [0.717, 1.165) is 16.6 Å². The largest absolute Gasteiger partial charge is 0.388 e. The molecule has 0 unspecified atom stereocenters. The lowest BCUT2D eigenvalue weighted by atomic mass is 9.40. The summed E-state index contributed by atoms with van der Waals surface area (Å²) in [6.45, 7) is 3.14. The molecule has 0 radical (unpaired) electrons. The molecule has 1 saturated heterocycles. The van der Waals surface area contributed by atoms with Gasteiger partial charge in [-0.1, -0.05) is 6.07 Å². The highest BCUT2D eigenvalue weighted by atomic mass is 19.1. The summed E-state index contributed by atoms with van der Waals surface area (Å²) in [7, 11) is 7.16. The molecule has 0 spiro atoms. The quantitative estimate of drug-likeness (QED) is 0.260. The maximum absolute atomic E-state index is 14.1. The third-order valence-electron chi connectivity index (χ3n) is 6.72. The van der Waals surface area contributed by atoms with Crippen LogP contribution < -0.4 is 10.6 Å². The number of nitrogens with one attached hydrogen (secondary N) is 2. The molecule has 1 aliphatic heterocycles. The van der Waals surface area contributed by atoms with Crippen LogP contribution >= 0.6 is 0 Å². The Morgan fingerprint density at radius 3 is 2.44 bits per heavy atom. The first-order chi connectivity index (χ1) is 17.0. The number of fused-ring (bicyclic) bond motifs is 1. The molecule has 3 aromatic rings. The minimum absolute atomic E-state index is 0.114. The Bertz CT molecular complexity index is 1260. The third kappa shape index (κ3) is 5.57. The summed E-state index contributed by atoms with van der Waals surface area (Å²) in [5.74, 6) is -2.76. The molecule has 186 valence electrons. The lowest BCUT2D eigenvalue weighted by Crippen LogP contribution is -2.62. The number of rotatable bonds is 7. The molecule has 36 heavy (non-hydrogen) atoms. The van der Waals surface area contributed by atoms with Crippen LogP contribution in [0.25, 0.3) is 10.9 Å². The van der Waals surface area contributed by atoms with E-state index in [-0.39, 0.29) is 5.69 Å². The van der Waals surface area contributed by atoms with E-state index < -0.39 is 22.7 Å². The summed E-state index contributed by atoms with van der Waals surface area (Å²) >= 11 is 0. The highest BCUT2D eigenvalue weighted by Crippen LogP contribution is 2.30. The SMILES string of the molecule is BC(B)(B)C(O)(O)N1CCN(Cc2ccc3cc(C(=O)Nc4cc(NC)ccc4F)ccc3n2)CC1. The zero-order valence-corrected chi connectivity index (χ0v) is 21.2. The van der Waals surface area contributed by atoms with Gasteiger partial charge in [0.25, 0.3) is 5.91 Å². The van der Waals surface area contributed by atoms with Crippen molar-refractivity contribution < 1.29 is 19.4 Å². The molecule has 0 aliphatic carbocycles. The van der Waals surface area contributed by atoms with Gasteiger partial charge in [-0.2, -0.15) is 0 Å². The Balaban J connectivity index is 1.41. The van der Waals surface area contributed by atoms with Crippen LogP contribution in [-0.4, -0.2) is 93.6 Å². The fourth-order valence-corrected chi connectivity index (χ4v) is 4.29. The standard InChI is InChI=1S/C24H31B3FN5O3/c1-29-17-5-6-19(28)21(13-17)31-22(34)16-3-7-20-15(12-16)2-4-18(30-20)14-32-8-10-33(11-9-32)24(35,36)23(25,26)27/h2-7,12-13,29,35-36H,8-11,14,25-27H2,1H3,(H,31,34). The van der Waals surface area contributed by atoms with Gasteiger partial charge >= 0.3 is 0 Å². The lowest BCUT2D eigenvalue weighted by Gasteiger charge is -2.47. The zero-order chi connectivity index (χ0) is 26.1. The van der Waals surface area contributed by atoms with Crippen molar-refractivity contribution in [2.24, 2.45) is 0 Å². The van der Waals surface area contributed by atoms with E-state index in [4.69, 9.17) is 4.98 Å². The first-order valence-corrected chi connectivity index (χ1v) is 12.1. The smallest absolute Gasteiger partial charge is 0.255 e.